The highest BCUT2D eigenvalue weighted by atomic mass is 16.6. The van der Waals surface area contributed by atoms with Crippen LogP contribution in [-0.4, -0.2) is 12.2 Å². The van der Waals surface area contributed by atoms with Gasteiger partial charge < -0.3 is 4.74 Å². The van der Waals surface area contributed by atoms with Crippen molar-refractivity contribution in [1.82, 2.24) is 0 Å². The van der Waals surface area contributed by atoms with Gasteiger partial charge in [-0.2, -0.15) is 0 Å². The second-order valence-electron chi connectivity index (χ2n) is 4.97. The van der Waals surface area contributed by atoms with Gasteiger partial charge in [0.2, 0.25) is 0 Å². The molecule has 0 aromatic heterocycles. The summed E-state index contributed by atoms with van der Waals surface area (Å²) in [7, 11) is 0. The fourth-order valence-corrected chi connectivity index (χ4v) is 2.62. The van der Waals surface area contributed by atoms with Gasteiger partial charge in [0.1, 0.15) is 0 Å². The molecule has 2 fully saturated rings. The van der Waals surface area contributed by atoms with E-state index in [0.29, 0.717) is 12.2 Å². The first-order valence-corrected chi connectivity index (χ1v) is 6.62. The van der Waals surface area contributed by atoms with Gasteiger partial charge in [-0.3, -0.25) is 0 Å². The van der Waals surface area contributed by atoms with Crippen LogP contribution in [0.15, 0.2) is 0 Å². The molecule has 1 saturated heterocycles. The Morgan fingerprint density at radius 1 is 0.500 bits per heavy atom. The lowest BCUT2D eigenvalue weighted by molar-refractivity contribution is 0.346. The smallest absolute Gasteiger partial charge is 0.0841 e. The molecule has 2 aliphatic rings. The first kappa shape index (κ1) is 10.5. The van der Waals surface area contributed by atoms with Crippen LogP contribution in [-0.2, 0) is 4.74 Å². The van der Waals surface area contributed by atoms with Crippen LogP contribution < -0.4 is 0 Å². The largest absolute Gasteiger partial charge is 0.370 e. The highest BCUT2D eigenvalue weighted by molar-refractivity contribution is 4.84. The third kappa shape index (κ3) is 3.61. The summed E-state index contributed by atoms with van der Waals surface area (Å²) < 4.78 is 5.66. The van der Waals surface area contributed by atoms with Gasteiger partial charge in [-0.05, 0) is 12.8 Å². The lowest BCUT2D eigenvalue weighted by Gasteiger charge is -2.00. The molecule has 0 aromatic carbocycles. The monoisotopic (exact) mass is 196 g/mol. The molecule has 1 aliphatic heterocycles. The van der Waals surface area contributed by atoms with Crippen molar-refractivity contribution in [3.8, 4) is 0 Å². The van der Waals surface area contributed by atoms with Crippen molar-refractivity contribution in [2.24, 2.45) is 0 Å². The van der Waals surface area contributed by atoms with Gasteiger partial charge in [0.15, 0.2) is 0 Å². The maximum absolute atomic E-state index is 5.66. The molecule has 0 bridgehead atoms. The highest BCUT2D eigenvalue weighted by Gasteiger charge is 2.36. The molecule has 1 heterocycles. The molecule has 2 rings (SSSR count). The van der Waals surface area contributed by atoms with Crippen LogP contribution in [0.5, 0.6) is 0 Å². The van der Waals surface area contributed by atoms with Crippen molar-refractivity contribution in [1.29, 1.82) is 0 Å². The van der Waals surface area contributed by atoms with Crippen LogP contribution in [0.4, 0.5) is 0 Å². The molecule has 2 atom stereocenters. The number of epoxide rings is 1. The predicted octanol–water partition coefficient (Wildman–Crippen LogP) is 4.06. The van der Waals surface area contributed by atoms with Gasteiger partial charge in [0.05, 0.1) is 12.2 Å². The van der Waals surface area contributed by atoms with E-state index in [9.17, 15) is 0 Å². The van der Waals surface area contributed by atoms with E-state index in [-0.39, 0.29) is 0 Å². The Kier molecular flexibility index (Phi) is 4.30. The SMILES string of the molecule is C1CCCCC[C@@H]2O[C@H]2CCCCC1. The Balaban J connectivity index is 1.64. The molecule has 0 spiro atoms. The molecule has 0 unspecified atom stereocenters. The third-order valence-electron chi connectivity index (χ3n) is 3.66. The molecule has 0 radical (unpaired) electrons. The van der Waals surface area contributed by atoms with Crippen molar-refractivity contribution in [2.75, 3.05) is 0 Å². The summed E-state index contributed by atoms with van der Waals surface area (Å²) in [6, 6.07) is 0. The minimum absolute atomic E-state index is 0.663. The van der Waals surface area contributed by atoms with E-state index >= 15 is 0 Å². The minimum atomic E-state index is 0.663. The normalized spacial score (nSPS) is 36.0. The van der Waals surface area contributed by atoms with Crippen molar-refractivity contribution < 1.29 is 4.74 Å². The maximum atomic E-state index is 5.66. The van der Waals surface area contributed by atoms with E-state index in [1.54, 1.807) is 0 Å². The summed E-state index contributed by atoms with van der Waals surface area (Å²) in [6.45, 7) is 0. The van der Waals surface area contributed by atoms with E-state index in [1.165, 1.54) is 70.6 Å². The lowest BCUT2D eigenvalue weighted by atomic mass is 10.1. The van der Waals surface area contributed by atoms with Gasteiger partial charge in [0, 0.05) is 0 Å². The number of hydrogen-bond donors (Lipinski definition) is 0. The van der Waals surface area contributed by atoms with Crippen LogP contribution in [0.25, 0.3) is 0 Å². The molecule has 0 aromatic rings. The van der Waals surface area contributed by atoms with Crippen molar-refractivity contribution >= 4 is 0 Å². The van der Waals surface area contributed by atoms with Gasteiger partial charge in [0.25, 0.3) is 0 Å². The molecule has 1 saturated carbocycles. The average molecular weight is 196 g/mol. The molecule has 0 amide bonds. The molecule has 1 heteroatoms. The lowest BCUT2D eigenvalue weighted by Crippen LogP contribution is -1.94. The molecule has 82 valence electrons. The highest BCUT2D eigenvalue weighted by Crippen LogP contribution is 2.32. The van der Waals surface area contributed by atoms with E-state index in [4.69, 9.17) is 4.74 Å². The molecule has 1 nitrogen and oxygen atoms in total. The zero-order valence-electron chi connectivity index (χ0n) is 9.34. The Morgan fingerprint density at radius 2 is 0.857 bits per heavy atom. The second-order valence-corrected chi connectivity index (χ2v) is 4.97. The summed E-state index contributed by atoms with van der Waals surface area (Å²) in [6.07, 6.45) is 17.0. The van der Waals surface area contributed by atoms with Crippen LogP contribution >= 0.6 is 0 Å². The quantitative estimate of drug-likeness (QED) is 0.532. The minimum Gasteiger partial charge on any atom is -0.370 e. The molecule has 14 heavy (non-hydrogen) atoms. The summed E-state index contributed by atoms with van der Waals surface area (Å²) in [4.78, 5) is 0. The van der Waals surface area contributed by atoms with Crippen LogP contribution in [0.1, 0.15) is 70.6 Å². The number of hydrogen-bond acceptors (Lipinski definition) is 1. The Hall–Kier alpha value is -0.0400. The van der Waals surface area contributed by atoms with Gasteiger partial charge >= 0.3 is 0 Å². The van der Waals surface area contributed by atoms with Gasteiger partial charge in [-0.15, -0.1) is 0 Å². The predicted molar refractivity (Wildman–Crippen MR) is 59.4 cm³/mol. The van der Waals surface area contributed by atoms with E-state index in [1.807, 2.05) is 0 Å². The maximum Gasteiger partial charge on any atom is 0.0841 e. The first-order chi connectivity index (χ1) is 6.97. The fourth-order valence-electron chi connectivity index (χ4n) is 2.62. The molecule has 1 aliphatic carbocycles. The Morgan fingerprint density at radius 3 is 1.29 bits per heavy atom. The average Bonchev–Trinajstić information content (AvgIpc) is 2.92. The first-order valence-electron chi connectivity index (χ1n) is 6.62. The number of fused-ring (bicyclic) bond motifs is 1. The van der Waals surface area contributed by atoms with Crippen LogP contribution in [0.2, 0.25) is 0 Å². The summed E-state index contributed by atoms with van der Waals surface area (Å²) >= 11 is 0. The van der Waals surface area contributed by atoms with Crippen LogP contribution in [0.3, 0.4) is 0 Å². The third-order valence-corrected chi connectivity index (χ3v) is 3.66. The van der Waals surface area contributed by atoms with E-state index in [2.05, 4.69) is 0 Å². The van der Waals surface area contributed by atoms with E-state index in [0.717, 1.165) is 0 Å². The standard InChI is InChI=1S/C13H24O/c1-2-4-6-8-10-12-13(14-12)11-9-7-5-3-1/h12-13H,1-11H2/t12-,13-/m0/s1. The summed E-state index contributed by atoms with van der Waals surface area (Å²) in [5, 5.41) is 0. The van der Waals surface area contributed by atoms with Crippen molar-refractivity contribution in [2.45, 2.75) is 82.8 Å². The topological polar surface area (TPSA) is 12.5 Å². The zero-order valence-corrected chi connectivity index (χ0v) is 9.34. The second kappa shape index (κ2) is 5.75. The molecular formula is C13H24O. The van der Waals surface area contributed by atoms with Crippen LogP contribution in [0, 0.1) is 0 Å². The fraction of sp³-hybridized carbons (Fsp3) is 1.00. The van der Waals surface area contributed by atoms with Gasteiger partial charge in [-0.1, -0.05) is 57.8 Å². The van der Waals surface area contributed by atoms with Crippen molar-refractivity contribution in [3.63, 3.8) is 0 Å². The van der Waals surface area contributed by atoms with E-state index < -0.39 is 0 Å². The molecule has 0 N–H and O–H groups in total. The summed E-state index contributed by atoms with van der Waals surface area (Å²) in [5.74, 6) is 0. The summed E-state index contributed by atoms with van der Waals surface area (Å²) in [5.41, 5.74) is 0. The van der Waals surface area contributed by atoms with Crippen molar-refractivity contribution in [3.05, 3.63) is 0 Å². The van der Waals surface area contributed by atoms with Gasteiger partial charge in [-0.25, -0.2) is 0 Å². The Labute approximate surface area is 88.2 Å². The Bertz CT molecular complexity index is 139. The number of rotatable bonds is 0. The molecular weight excluding hydrogens is 172 g/mol. The number of ether oxygens (including phenoxy) is 1. The zero-order chi connectivity index (χ0) is 9.64.